The van der Waals surface area contributed by atoms with E-state index in [0.29, 0.717) is 6.42 Å². The molecule has 0 radical (unpaired) electrons. The van der Waals surface area contributed by atoms with Crippen LogP contribution in [-0.2, 0) is 4.79 Å². The zero-order valence-electron chi connectivity index (χ0n) is 11.0. The molecule has 4 heteroatoms. The maximum atomic E-state index is 12.0. The third-order valence-corrected chi connectivity index (χ3v) is 3.20. The Balaban J connectivity index is 2.57. The van der Waals surface area contributed by atoms with Crippen LogP contribution in [0.15, 0.2) is 0 Å². The monoisotopic (exact) mass is 237 g/mol. The molecule has 4 nitrogen and oxygen atoms in total. The number of nitrogens with zero attached hydrogens (tertiary/aromatic N) is 1. The van der Waals surface area contributed by atoms with Gasteiger partial charge in [-0.15, -0.1) is 0 Å². The van der Waals surface area contributed by atoms with E-state index in [1.165, 1.54) is 0 Å². The minimum atomic E-state index is -0.660. The Bertz CT molecular complexity index is 319. The normalized spacial score (nSPS) is 20.6. The molecule has 0 aliphatic heterocycles. The zero-order valence-corrected chi connectivity index (χ0v) is 11.0. The summed E-state index contributed by atoms with van der Waals surface area (Å²) in [5.74, 6) is -0.191. The molecule has 0 saturated heterocycles. The highest BCUT2D eigenvalue weighted by atomic mass is 16.2. The number of amides is 1. The van der Waals surface area contributed by atoms with Crippen molar-refractivity contribution in [3.05, 3.63) is 0 Å². The van der Waals surface area contributed by atoms with Crippen molar-refractivity contribution in [3.8, 4) is 6.07 Å². The Morgan fingerprint density at radius 3 is 2.41 bits per heavy atom. The van der Waals surface area contributed by atoms with E-state index >= 15 is 0 Å². The SMILES string of the molecule is CC(C)(C)C[C@H](N)C(=O)NC1(C#N)CCCC1. The van der Waals surface area contributed by atoms with E-state index in [-0.39, 0.29) is 11.3 Å². The first-order valence-corrected chi connectivity index (χ1v) is 6.27. The van der Waals surface area contributed by atoms with Gasteiger partial charge >= 0.3 is 0 Å². The predicted octanol–water partition coefficient (Wildman–Crippen LogP) is 1.70. The smallest absolute Gasteiger partial charge is 0.238 e. The summed E-state index contributed by atoms with van der Waals surface area (Å²) in [6.07, 6.45) is 4.12. The van der Waals surface area contributed by atoms with Gasteiger partial charge in [-0.05, 0) is 37.5 Å². The van der Waals surface area contributed by atoms with Gasteiger partial charge in [-0.2, -0.15) is 5.26 Å². The second-order valence-electron chi connectivity index (χ2n) is 6.26. The van der Waals surface area contributed by atoms with Crippen LogP contribution < -0.4 is 11.1 Å². The van der Waals surface area contributed by atoms with E-state index < -0.39 is 11.6 Å². The van der Waals surface area contributed by atoms with E-state index in [9.17, 15) is 10.1 Å². The highest BCUT2D eigenvalue weighted by molar-refractivity contribution is 5.82. The molecule has 1 aliphatic carbocycles. The fourth-order valence-electron chi connectivity index (χ4n) is 2.32. The van der Waals surface area contributed by atoms with Gasteiger partial charge in [0, 0.05) is 0 Å². The van der Waals surface area contributed by atoms with Crippen LogP contribution in [0.5, 0.6) is 0 Å². The zero-order chi connectivity index (χ0) is 13.1. The molecule has 0 aromatic carbocycles. The molecule has 0 heterocycles. The second kappa shape index (κ2) is 5.05. The summed E-state index contributed by atoms with van der Waals surface area (Å²) in [4.78, 5) is 12.0. The molecule has 17 heavy (non-hydrogen) atoms. The van der Waals surface area contributed by atoms with Gasteiger partial charge in [0.25, 0.3) is 0 Å². The molecule has 1 amide bonds. The maximum Gasteiger partial charge on any atom is 0.238 e. The number of carbonyl (C=O) groups excluding carboxylic acids is 1. The van der Waals surface area contributed by atoms with Crippen LogP contribution in [0.2, 0.25) is 0 Å². The van der Waals surface area contributed by atoms with Crippen LogP contribution in [0.1, 0.15) is 52.9 Å². The van der Waals surface area contributed by atoms with Crippen LogP contribution in [0.3, 0.4) is 0 Å². The topological polar surface area (TPSA) is 78.9 Å². The van der Waals surface area contributed by atoms with Crippen molar-refractivity contribution in [2.45, 2.75) is 64.5 Å². The predicted molar refractivity (Wildman–Crippen MR) is 67.0 cm³/mol. The van der Waals surface area contributed by atoms with Gasteiger partial charge in [0.2, 0.25) is 5.91 Å². The number of rotatable bonds is 3. The summed E-state index contributed by atoms with van der Waals surface area (Å²) in [5.41, 5.74) is 5.23. The van der Waals surface area contributed by atoms with Gasteiger partial charge in [-0.1, -0.05) is 20.8 Å². The van der Waals surface area contributed by atoms with Crippen molar-refractivity contribution in [2.24, 2.45) is 11.1 Å². The molecule has 1 atom stereocenters. The molecular formula is C13H23N3O. The van der Waals surface area contributed by atoms with E-state index in [2.05, 4.69) is 32.2 Å². The van der Waals surface area contributed by atoms with E-state index in [1.54, 1.807) is 0 Å². The average molecular weight is 237 g/mol. The summed E-state index contributed by atoms with van der Waals surface area (Å²) in [5, 5.41) is 12.0. The van der Waals surface area contributed by atoms with Crippen LogP contribution >= 0.6 is 0 Å². The minimum Gasteiger partial charge on any atom is -0.336 e. The van der Waals surface area contributed by atoms with Gasteiger partial charge in [-0.25, -0.2) is 0 Å². The van der Waals surface area contributed by atoms with Gasteiger partial charge in [0.1, 0.15) is 5.54 Å². The maximum absolute atomic E-state index is 12.0. The van der Waals surface area contributed by atoms with Crippen molar-refractivity contribution < 1.29 is 4.79 Å². The van der Waals surface area contributed by atoms with Crippen LogP contribution in [0.4, 0.5) is 0 Å². The molecule has 1 saturated carbocycles. The lowest BCUT2D eigenvalue weighted by atomic mass is 9.87. The highest BCUT2D eigenvalue weighted by Crippen LogP contribution is 2.29. The molecule has 0 unspecified atom stereocenters. The van der Waals surface area contributed by atoms with Crippen molar-refractivity contribution >= 4 is 5.91 Å². The number of nitriles is 1. The van der Waals surface area contributed by atoms with E-state index in [0.717, 1.165) is 25.7 Å². The van der Waals surface area contributed by atoms with Crippen LogP contribution in [-0.4, -0.2) is 17.5 Å². The standard InChI is InChI=1S/C13H23N3O/c1-12(2,3)8-10(15)11(17)16-13(9-14)6-4-5-7-13/h10H,4-8,15H2,1-3H3,(H,16,17)/t10-/m0/s1. The first-order chi connectivity index (χ1) is 7.78. The molecule has 0 spiro atoms. The Morgan fingerprint density at radius 1 is 1.47 bits per heavy atom. The van der Waals surface area contributed by atoms with Gasteiger partial charge in [0.15, 0.2) is 0 Å². The van der Waals surface area contributed by atoms with E-state index in [4.69, 9.17) is 5.73 Å². The first kappa shape index (κ1) is 14.0. The average Bonchev–Trinajstić information content (AvgIpc) is 2.64. The molecule has 1 rings (SSSR count). The van der Waals surface area contributed by atoms with Crippen LogP contribution in [0, 0.1) is 16.7 Å². The lowest BCUT2D eigenvalue weighted by Gasteiger charge is -2.27. The number of hydrogen-bond acceptors (Lipinski definition) is 3. The molecule has 1 aliphatic rings. The number of nitrogens with two attached hydrogens (primary N) is 1. The van der Waals surface area contributed by atoms with Gasteiger partial charge in [0.05, 0.1) is 12.1 Å². The first-order valence-electron chi connectivity index (χ1n) is 6.27. The lowest BCUT2D eigenvalue weighted by molar-refractivity contribution is -0.124. The van der Waals surface area contributed by atoms with Crippen molar-refractivity contribution in [2.75, 3.05) is 0 Å². The minimum absolute atomic E-state index is 0.0201. The Labute approximate surface area is 104 Å². The Kier molecular flexibility index (Phi) is 4.16. The Morgan fingerprint density at radius 2 is 2.00 bits per heavy atom. The van der Waals surface area contributed by atoms with Gasteiger partial charge < -0.3 is 11.1 Å². The second-order valence-corrected chi connectivity index (χ2v) is 6.26. The summed E-state index contributed by atoms with van der Waals surface area (Å²) >= 11 is 0. The fourth-order valence-corrected chi connectivity index (χ4v) is 2.32. The van der Waals surface area contributed by atoms with E-state index in [1.807, 2.05) is 0 Å². The molecule has 0 aromatic rings. The lowest BCUT2D eigenvalue weighted by Crippen LogP contribution is -2.52. The third kappa shape index (κ3) is 4.01. The summed E-state index contributed by atoms with van der Waals surface area (Å²) < 4.78 is 0. The highest BCUT2D eigenvalue weighted by Gasteiger charge is 2.36. The number of hydrogen-bond donors (Lipinski definition) is 2. The molecule has 96 valence electrons. The molecule has 0 bridgehead atoms. The number of carbonyl (C=O) groups is 1. The van der Waals surface area contributed by atoms with Crippen molar-refractivity contribution in [1.29, 1.82) is 5.26 Å². The molecule has 3 N–H and O–H groups in total. The largest absolute Gasteiger partial charge is 0.336 e. The fraction of sp³-hybridized carbons (Fsp3) is 0.846. The Hall–Kier alpha value is -1.08. The third-order valence-electron chi connectivity index (χ3n) is 3.20. The van der Waals surface area contributed by atoms with Gasteiger partial charge in [-0.3, -0.25) is 4.79 Å². The summed E-state index contributed by atoms with van der Waals surface area (Å²) in [7, 11) is 0. The molecule has 1 fully saturated rings. The quantitative estimate of drug-likeness (QED) is 0.784. The van der Waals surface area contributed by atoms with Crippen LogP contribution in [0.25, 0.3) is 0 Å². The number of nitrogens with one attached hydrogen (secondary N) is 1. The van der Waals surface area contributed by atoms with Crippen molar-refractivity contribution in [3.63, 3.8) is 0 Å². The summed E-state index contributed by atoms with van der Waals surface area (Å²) in [6, 6.07) is 1.71. The summed E-state index contributed by atoms with van der Waals surface area (Å²) in [6.45, 7) is 6.15. The van der Waals surface area contributed by atoms with Crippen molar-refractivity contribution in [1.82, 2.24) is 5.32 Å². The molecule has 0 aromatic heterocycles. The molecular weight excluding hydrogens is 214 g/mol.